The van der Waals surface area contributed by atoms with E-state index in [1.54, 1.807) is 4.68 Å². The number of nitrogens with zero attached hydrogens (tertiary/aromatic N) is 2. The summed E-state index contributed by atoms with van der Waals surface area (Å²) in [5, 5.41) is 8.66. The van der Waals surface area contributed by atoms with E-state index in [1.165, 1.54) is 11.3 Å². The van der Waals surface area contributed by atoms with Crippen LogP contribution < -0.4 is 0 Å². The third-order valence-electron chi connectivity index (χ3n) is 2.62. The molecule has 2 aromatic heterocycles. The second-order valence-electron chi connectivity index (χ2n) is 3.77. The van der Waals surface area contributed by atoms with Crippen LogP contribution in [0.5, 0.6) is 0 Å². The number of carbonyl (C=O) groups excluding carboxylic acids is 1. The summed E-state index contributed by atoms with van der Waals surface area (Å²) >= 11 is 7.69. The Kier molecular flexibility index (Phi) is 3.64. The molecule has 0 atom stereocenters. The number of hydrogen-bond donors (Lipinski definition) is 0. The lowest BCUT2D eigenvalue weighted by Gasteiger charge is -2.03. The molecule has 2 rings (SSSR count). The first-order valence-corrected chi connectivity index (χ1v) is 6.72. The zero-order chi connectivity index (χ0) is 12.4. The third kappa shape index (κ3) is 2.42. The van der Waals surface area contributed by atoms with Crippen LogP contribution in [-0.2, 0) is 13.0 Å². The molecule has 0 amide bonds. The summed E-state index contributed by atoms with van der Waals surface area (Å²) in [5.74, 6) is 0.0859. The van der Waals surface area contributed by atoms with Crippen molar-refractivity contribution in [2.75, 3.05) is 0 Å². The molecule has 0 bridgehead atoms. The first-order valence-electron chi connectivity index (χ1n) is 5.40. The van der Waals surface area contributed by atoms with Crippen molar-refractivity contribution in [2.45, 2.75) is 26.8 Å². The van der Waals surface area contributed by atoms with Crippen LogP contribution in [0.4, 0.5) is 0 Å². The van der Waals surface area contributed by atoms with Gasteiger partial charge in [0.15, 0.2) is 5.78 Å². The number of halogens is 1. The SMILES string of the molecule is CCn1nc(C)c(Cl)c1CC(=O)c1ccsc1. The predicted molar refractivity (Wildman–Crippen MR) is 70.0 cm³/mol. The summed E-state index contributed by atoms with van der Waals surface area (Å²) in [6.07, 6.45) is 0.310. The Morgan fingerprint density at radius 2 is 2.35 bits per heavy atom. The van der Waals surface area contributed by atoms with Crippen LogP contribution in [0.3, 0.4) is 0 Å². The molecule has 3 nitrogen and oxygen atoms in total. The van der Waals surface area contributed by atoms with Gasteiger partial charge in [0.1, 0.15) is 0 Å². The van der Waals surface area contributed by atoms with E-state index in [2.05, 4.69) is 5.10 Å². The lowest BCUT2D eigenvalue weighted by atomic mass is 10.1. The molecular formula is C12H13ClN2OS. The Bertz CT molecular complexity index is 531. The van der Waals surface area contributed by atoms with E-state index in [-0.39, 0.29) is 5.78 Å². The normalized spacial score (nSPS) is 10.8. The third-order valence-corrected chi connectivity index (χ3v) is 3.80. The van der Waals surface area contributed by atoms with Crippen molar-refractivity contribution >= 4 is 28.7 Å². The molecule has 0 spiro atoms. The van der Waals surface area contributed by atoms with E-state index in [4.69, 9.17) is 11.6 Å². The maximum Gasteiger partial charge on any atom is 0.169 e. The van der Waals surface area contributed by atoms with Crippen LogP contribution in [-0.4, -0.2) is 15.6 Å². The van der Waals surface area contributed by atoms with Crippen molar-refractivity contribution in [1.29, 1.82) is 0 Å². The maximum absolute atomic E-state index is 12.0. The molecule has 0 saturated heterocycles. The summed E-state index contributed by atoms with van der Waals surface area (Å²) in [7, 11) is 0. The standard InChI is InChI=1S/C12H13ClN2OS/c1-3-15-10(12(13)8(2)14-15)6-11(16)9-4-5-17-7-9/h4-5,7H,3,6H2,1-2H3. The van der Waals surface area contributed by atoms with Crippen LogP contribution in [0.25, 0.3) is 0 Å². The average molecular weight is 269 g/mol. The Morgan fingerprint density at radius 1 is 1.59 bits per heavy atom. The number of thiophene rings is 1. The Balaban J connectivity index is 2.27. The van der Waals surface area contributed by atoms with Crippen LogP contribution >= 0.6 is 22.9 Å². The number of aryl methyl sites for hydroxylation is 2. The highest BCUT2D eigenvalue weighted by Crippen LogP contribution is 2.22. The van der Waals surface area contributed by atoms with Gasteiger partial charge in [0.05, 0.1) is 22.8 Å². The maximum atomic E-state index is 12.0. The lowest BCUT2D eigenvalue weighted by molar-refractivity contribution is 0.0991. The van der Waals surface area contributed by atoms with Crippen molar-refractivity contribution < 1.29 is 4.79 Å². The Labute approximate surface area is 109 Å². The average Bonchev–Trinajstić information content (AvgIpc) is 2.92. The van der Waals surface area contributed by atoms with Gasteiger partial charge >= 0.3 is 0 Å². The molecular weight excluding hydrogens is 256 g/mol. The zero-order valence-corrected chi connectivity index (χ0v) is 11.3. The molecule has 0 unspecified atom stereocenters. The van der Waals surface area contributed by atoms with E-state index < -0.39 is 0 Å². The lowest BCUT2D eigenvalue weighted by Crippen LogP contribution is -2.09. The number of Topliss-reactive ketones (excluding diaryl/α,β-unsaturated/α-hetero) is 1. The van der Waals surface area contributed by atoms with Crippen LogP contribution in [0.2, 0.25) is 5.02 Å². The molecule has 0 aromatic carbocycles. The summed E-state index contributed by atoms with van der Waals surface area (Å²) < 4.78 is 1.79. The highest BCUT2D eigenvalue weighted by molar-refractivity contribution is 7.08. The second kappa shape index (κ2) is 5.02. The van der Waals surface area contributed by atoms with E-state index >= 15 is 0 Å². The first-order chi connectivity index (χ1) is 8.13. The van der Waals surface area contributed by atoms with Gasteiger partial charge in [0, 0.05) is 17.5 Å². The van der Waals surface area contributed by atoms with Crippen LogP contribution in [0.15, 0.2) is 16.8 Å². The molecule has 17 heavy (non-hydrogen) atoms. The molecule has 90 valence electrons. The van der Waals surface area contributed by atoms with Crippen molar-refractivity contribution in [3.8, 4) is 0 Å². The van der Waals surface area contributed by atoms with Gasteiger partial charge in [-0.3, -0.25) is 9.48 Å². The fourth-order valence-corrected chi connectivity index (χ4v) is 2.58. The Hall–Kier alpha value is -1.13. The number of rotatable bonds is 4. The highest BCUT2D eigenvalue weighted by Gasteiger charge is 2.16. The fourth-order valence-electron chi connectivity index (χ4n) is 1.72. The quantitative estimate of drug-likeness (QED) is 0.797. The summed E-state index contributed by atoms with van der Waals surface area (Å²) in [6, 6.07) is 1.83. The largest absolute Gasteiger partial charge is 0.294 e. The minimum atomic E-state index is 0.0859. The van der Waals surface area contributed by atoms with E-state index in [0.717, 1.165) is 23.5 Å². The molecule has 0 saturated carbocycles. The number of aromatic nitrogens is 2. The molecule has 0 radical (unpaired) electrons. The molecule has 0 aliphatic carbocycles. The number of carbonyl (C=O) groups is 1. The van der Waals surface area contributed by atoms with Gasteiger partial charge in [-0.1, -0.05) is 11.6 Å². The van der Waals surface area contributed by atoms with E-state index in [1.807, 2.05) is 30.7 Å². The van der Waals surface area contributed by atoms with E-state index in [0.29, 0.717) is 11.4 Å². The molecule has 0 aliphatic heterocycles. The van der Waals surface area contributed by atoms with Crippen molar-refractivity contribution in [2.24, 2.45) is 0 Å². The smallest absolute Gasteiger partial charge is 0.169 e. The van der Waals surface area contributed by atoms with Gasteiger partial charge < -0.3 is 0 Å². The highest BCUT2D eigenvalue weighted by atomic mass is 35.5. The van der Waals surface area contributed by atoms with Gasteiger partial charge in [0.25, 0.3) is 0 Å². The molecule has 0 N–H and O–H groups in total. The molecule has 5 heteroatoms. The number of hydrogen-bond acceptors (Lipinski definition) is 3. The Morgan fingerprint density at radius 3 is 2.94 bits per heavy atom. The summed E-state index contributed by atoms with van der Waals surface area (Å²) in [6.45, 7) is 4.56. The molecule has 2 aromatic rings. The second-order valence-corrected chi connectivity index (χ2v) is 4.93. The van der Waals surface area contributed by atoms with Crippen molar-refractivity contribution in [3.63, 3.8) is 0 Å². The van der Waals surface area contributed by atoms with Crippen LogP contribution in [0, 0.1) is 6.92 Å². The summed E-state index contributed by atoms with van der Waals surface area (Å²) in [4.78, 5) is 12.0. The van der Waals surface area contributed by atoms with Crippen molar-refractivity contribution in [3.05, 3.63) is 38.8 Å². The van der Waals surface area contributed by atoms with Gasteiger partial charge in [0.2, 0.25) is 0 Å². The van der Waals surface area contributed by atoms with Gasteiger partial charge in [-0.25, -0.2) is 0 Å². The molecule has 2 heterocycles. The first kappa shape index (κ1) is 12.3. The monoisotopic (exact) mass is 268 g/mol. The minimum Gasteiger partial charge on any atom is -0.294 e. The number of ketones is 1. The zero-order valence-electron chi connectivity index (χ0n) is 9.74. The summed E-state index contributed by atoms with van der Waals surface area (Å²) in [5.41, 5.74) is 2.33. The van der Waals surface area contributed by atoms with Gasteiger partial charge in [-0.15, -0.1) is 0 Å². The topological polar surface area (TPSA) is 34.9 Å². The van der Waals surface area contributed by atoms with Crippen LogP contribution in [0.1, 0.15) is 28.7 Å². The molecule has 0 fully saturated rings. The minimum absolute atomic E-state index is 0.0859. The van der Waals surface area contributed by atoms with E-state index in [9.17, 15) is 4.79 Å². The fraction of sp³-hybridized carbons (Fsp3) is 0.333. The predicted octanol–water partition coefficient (Wildman–Crippen LogP) is 3.35. The van der Waals surface area contributed by atoms with Gasteiger partial charge in [-0.05, 0) is 25.3 Å². The van der Waals surface area contributed by atoms with Crippen molar-refractivity contribution in [1.82, 2.24) is 9.78 Å². The van der Waals surface area contributed by atoms with Gasteiger partial charge in [-0.2, -0.15) is 16.4 Å². The molecule has 0 aliphatic rings.